The summed E-state index contributed by atoms with van der Waals surface area (Å²) in [5.74, 6) is 0. The molecule has 1 heterocycles. The first kappa shape index (κ1) is 6.48. The standard InChI is InChI=1S/C5H9N3S/c1-3-4(2)7-8-5(9)6-3/h3H,1-2H3,(H2,6,8,9). The lowest BCUT2D eigenvalue weighted by atomic mass is 10.2. The molecule has 50 valence electrons. The summed E-state index contributed by atoms with van der Waals surface area (Å²) in [6, 6.07) is 0.277. The molecule has 0 bridgehead atoms. The molecule has 0 fully saturated rings. The van der Waals surface area contributed by atoms with E-state index in [1.165, 1.54) is 0 Å². The smallest absolute Gasteiger partial charge is 0.187 e. The van der Waals surface area contributed by atoms with E-state index >= 15 is 0 Å². The van der Waals surface area contributed by atoms with Gasteiger partial charge in [0.2, 0.25) is 0 Å². The lowest BCUT2D eigenvalue weighted by molar-refractivity contribution is 0.766. The van der Waals surface area contributed by atoms with Crippen molar-refractivity contribution in [1.82, 2.24) is 10.7 Å². The third kappa shape index (κ3) is 1.38. The fraction of sp³-hybridized carbons (Fsp3) is 0.600. The summed E-state index contributed by atoms with van der Waals surface area (Å²) >= 11 is 4.81. The molecule has 0 aliphatic carbocycles. The summed E-state index contributed by atoms with van der Waals surface area (Å²) in [5, 5.41) is 7.58. The van der Waals surface area contributed by atoms with Gasteiger partial charge in [0.05, 0.1) is 11.8 Å². The van der Waals surface area contributed by atoms with Crippen LogP contribution in [0.15, 0.2) is 5.10 Å². The summed E-state index contributed by atoms with van der Waals surface area (Å²) in [4.78, 5) is 0. The molecule has 0 spiro atoms. The van der Waals surface area contributed by atoms with Crippen LogP contribution in [-0.2, 0) is 0 Å². The second kappa shape index (κ2) is 2.31. The molecule has 1 aliphatic rings. The van der Waals surface area contributed by atoms with Gasteiger partial charge in [0.15, 0.2) is 5.11 Å². The minimum absolute atomic E-state index is 0.277. The Kier molecular flexibility index (Phi) is 1.66. The molecule has 4 heteroatoms. The molecular weight excluding hydrogens is 134 g/mol. The molecule has 0 saturated heterocycles. The summed E-state index contributed by atoms with van der Waals surface area (Å²) in [7, 11) is 0. The molecule has 2 N–H and O–H groups in total. The van der Waals surface area contributed by atoms with Gasteiger partial charge in [-0.25, -0.2) is 0 Å². The summed E-state index contributed by atoms with van der Waals surface area (Å²) in [6.07, 6.45) is 0. The predicted octanol–water partition coefficient (Wildman–Crippen LogP) is 0.228. The topological polar surface area (TPSA) is 36.4 Å². The van der Waals surface area contributed by atoms with Gasteiger partial charge in [-0.3, -0.25) is 5.43 Å². The second-order valence-corrected chi connectivity index (χ2v) is 2.47. The Bertz CT molecular complexity index is 164. The molecule has 0 aromatic rings. The number of rotatable bonds is 0. The van der Waals surface area contributed by atoms with Crippen LogP contribution in [0, 0.1) is 0 Å². The van der Waals surface area contributed by atoms with E-state index in [4.69, 9.17) is 12.2 Å². The highest BCUT2D eigenvalue weighted by Crippen LogP contribution is 1.91. The molecule has 3 nitrogen and oxygen atoms in total. The predicted molar refractivity (Wildman–Crippen MR) is 41.4 cm³/mol. The third-order valence-corrected chi connectivity index (χ3v) is 1.52. The Labute approximate surface area is 59.5 Å². The Morgan fingerprint density at radius 1 is 1.67 bits per heavy atom. The Balaban J connectivity index is 2.67. The van der Waals surface area contributed by atoms with Crippen molar-refractivity contribution in [3.05, 3.63) is 0 Å². The second-order valence-electron chi connectivity index (χ2n) is 2.06. The van der Waals surface area contributed by atoms with Crippen LogP contribution < -0.4 is 10.7 Å². The van der Waals surface area contributed by atoms with Crippen molar-refractivity contribution < 1.29 is 0 Å². The van der Waals surface area contributed by atoms with Crippen molar-refractivity contribution in [2.75, 3.05) is 0 Å². The Hall–Kier alpha value is -0.640. The van der Waals surface area contributed by atoms with Gasteiger partial charge in [-0.05, 0) is 26.1 Å². The summed E-state index contributed by atoms with van der Waals surface area (Å²) in [6.45, 7) is 3.97. The zero-order valence-electron chi connectivity index (χ0n) is 5.43. The highest BCUT2D eigenvalue weighted by molar-refractivity contribution is 7.80. The first-order valence-electron chi connectivity index (χ1n) is 2.81. The van der Waals surface area contributed by atoms with Crippen molar-refractivity contribution in [2.45, 2.75) is 19.9 Å². The van der Waals surface area contributed by atoms with Gasteiger partial charge >= 0.3 is 0 Å². The van der Waals surface area contributed by atoms with Gasteiger partial charge in [0, 0.05) is 0 Å². The van der Waals surface area contributed by atoms with Crippen LogP contribution in [0.5, 0.6) is 0 Å². The van der Waals surface area contributed by atoms with Crippen molar-refractivity contribution >= 4 is 23.0 Å². The fourth-order valence-corrected chi connectivity index (χ4v) is 0.792. The van der Waals surface area contributed by atoms with E-state index in [0.717, 1.165) is 5.71 Å². The maximum atomic E-state index is 4.81. The highest BCUT2D eigenvalue weighted by atomic mass is 32.1. The number of nitrogens with zero attached hydrogens (tertiary/aromatic N) is 1. The first-order chi connectivity index (χ1) is 4.20. The van der Waals surface area contributed by atoms with E-state index in [9.17, 15) is 0 Å². The van der Waals surface area contributed by atoms with Gasteiger partial charge in [0.1, 0.15) is 0 Å². The van der Waals surface area contributed by atoms with E-state index in [-0.39, 0.29) is 6.04 Å². The van der Waals surface area contributed by atoms with Gasteiger partial charge in [-0.15, -0.1) is 0 Å². The van der Waals surface area contributed by atoms with Gasteiger partial charge in [-0.1, -0.05) is 0 Å². The SMILES string of the molecule is CC1=NNC(=S)NC1C. The van der Waals surface area contributed by atoms with Crippen LogP contribution in [-0.4, -0.2) is 16.9 Å². The molecule has 0 saturated carbocycles. The van der Waals surface area contributed by atoms with E-state index in [0.29, 0.717) is 5.11 Å². The van der Waals surface area contributed by atoms with Gasteiger partial charge in [0.25, 0.3) is 0 Å². The lowest BCUT2D eigenvalue weighted by Crippen LogP contribution is -2.47. The quantitative estimate of drug-likeness (QED) is 0.476. The molecule has 1 rings (SSSR count). The molecule has 0 aromatic carbocycles. The number of nitrogens with one attached hydrogen (secondary N) is 2. The van der Waals surface area contributed by atoms with E-state index in [2.05, 4.69) is 15.8 Å². The van der Waals surface area contributed by atoms with Crippen LogP contribution in [0.2, 0.25) is 0 Å². The largest absolute Gasteiger partial charge is 0.353 e. The third-order valence-electron chi connectivity index (χ3n) is 1.31. The normalized spacial score (nSPS) is 26.2. The minimum atomic E-state index is 0.277. The van der Waals surface area contributed by atoms with Gasteiger partial charge < -0.3 is 5.32 Å². The van der Waals surface area contributed by atoms with Gasteiger partial charge in [-0.2, -0.15) is 5.10 Å². The molecular formula is C5H9N3S. The number of hydrogen-bond donors (Lipinski definition) is 2. The van der Waals surface area contributed by atoms with Crippen molar-refractivity contribution in [3.63, 3.8) is 0 Å². The maximum absolute atomic E-state index is 4.81. The van der Waals surface area contributed by atoms with Crippen LogP contribution in [0.4, 0.5) is 0 Å². The zero-order valence-corrected chi connectivity index (χ0v) is 6.25. The van der Waals surface area contributed by atoms with E-state index in [1.54, 1.807) is 0 Å². The molecule has 0 amide bonds. The van der Waals surface area contributed by atoms with Crippen LogP contribution in [0.3, 0.4) is 0 Å². The van der Waals surface area contributed by atoms with Crippen molar-refractivity contribution in [1.29, 1.82) is 0 Å². The summed E-state index contributed by atoms with van der Waals surface area (Å²) < 4.78 is 0. The monoisotopic (exact) mass is 143 g/mol. The average molecular weight is 143 g/mol. The average Bonchev–Trinajstić information content (AvgIpc) is 1.80. The maximum Gasteiger partial charge on any atom is 0.187 e. The first-order valence-corrected chi connectivity index (χ1v) is 3.21. The highest BCUT2D eigenvalue weighted by Gasteiger charge is 2.10. The molecule has 1 atom stereocenters. The van der Waals surface area contributed by atoms with Crippen LogP contribution >= 0.6 is 12.2 Å². The molecule has 9 heavy (non-hydrogen) atoms. The van der Waals surface area contributed by atoms with Crippen LogP contribution in [0.25, 0.3) is 0 Å². The molecule has 1 aliphatic heterocycles. The number of hydrogen-bond acceptors (Lipinski definition) is 2. The van der Waals surface area contributed by atoms with E-state index in [1.807, 2.05) is 13.8 Å². The van der Waals surface area contributed by atoms with Crippen molar-refractivity contribution in [3.8, 4) is 0 Å². The number of hydrazone groups is 1. The molecule has 1 unspecified atom stereocenters. The lowest BCUT2D eigenvalue weighted by Gasteiger charge is -2.20. The molecule has 0 radical (unpaired) electrons. The Morgan fingerprint density at radius 2 is 2.33 bits per heavy atom. The summed E-state index contributed by atoms with van der Waals surface area (Å²) in [5.41, 5.74) is 3.70. The number of thiocarbonyl (C=S) groups is 1. The zero-order chi connectivity index (χ0) is 6.85. The van der Waals surface area contributed by atoms with Crippen LogP contribution in [0.1, 0.15) is 13.8 Å². The molecule has 0 aromatic heterocycles. The minimum Gasteiger partial charge on any atom is -0.353 e. The van der Waals surface area contributed by atoms with E-state index < -0.39 is 0 Å². The Morgan fingerprint density at radius 3 is 2.78 bits per heavy atom. The van der Waals surface area contributed by atoms with Crippen molar-refractivity contribution in [2.24, 2.45) is 5.10 Å². The fourth-order valence-electron chi connectivity index (χ4n) is 0.569.